The third-order valence-electron chi connectivity index (χ3n) is 4.91. The Morgan fingerprint density at radius 1 is 1.06 bits per heavy atom. The van der Waals surface area contributed by atoms with Crippen LogP contribution in [0.15, 0.2) is 0 Å². The number of rotatable bonds is 4. The Morgan fingerprint density at radius 2 is 1.82 bits per heavy atom. The molecule has 1 saturated carbocycles. The van der Waals surface area contributed by atoms with Gasteiger partial charge in [0.1, 0.15) is 0 Å². The second-order valence-corrected chi connectivity index (χ2v) is 6.12. The fourth-order valence-electron chi connectivity index (χ4n) is 3.57. The zero-order valence-electron chi connectivity index (χ0n) is 11.4. The lowest BCUT2D eigenvalue weighted by Gasteiger charge is -2.26. The molecule has 0 bridgehead atoms. The van der Waals surface area contributed by atoms with E-state index in [4.69, 9.17) is 0 Å². The van der Waals surface area contributed by atoms with Gasteiger partial charge in [-0.3, -0.25) is 0 Å². The van der Waals surface area contributed by atoms with Crippen LogP contribution in [0.3, 0.4) is 0 Å². The summed E-state index contributed by atoms with van der Waals surface area (Å²) in [5, 5.41) is 10.3. The molecule has 1 aliphatic carbocycles. The molecule has 1 saturated heterocycles. The highest BCUT2D eigenvalue weighted by Gasteiger charge is 2.25. The molecule has 2 rings (SSSR count). The molecule has 0 aromatic heterocycles. The zero-order valence-corrected chi connectivity index (χ0v) is 11.4. The van der Waals surface area contributed by atoms with E-state index >= 15 is 0 Å². The normalized spacial score (nSPS) is 30.4. The van der Waals surface area contributed by atoms with Gasteiger partial charge >= 0.3 is 0 Å². The van der Waals surface area contributed by atoms with Gasteiger partial charge in [-0.05, 0) is 57.0 Å². The summed E-state index contributed by atoms with van der Waals surface area (Å²) >= 11 is 0. The fourth-order valence-corrected chi connectivity index (χ4v) is 3.57. The molecule has 2 fully saturated rings. The van der Waals surface area contributed by atoms with Gasteiger partial charge in [-0.25, -0.2) is 0 Å². The van der Waals surface area contributed by atoms with Gasteiger partial charge < -0.3 is 10.0 Å². The van der Waals surface area contributed by atoms with Crippen molar-refractivity contribution in [3.8, 4) is 0 Å². The Morgan fingerprint density at radius 3 is 2.53 bits per heavy atom. The van der Waals surface area contributed by atoms with Crippen LogP contribution < -0.4 is 0 Å². The Kier molecular flexibility index (Phi) is 5.30. The molecule has 1 heterocycles. The van der Waals surface area contributed by atoms with Crippen LogP contribution in [0.2, 0.25) is 0 Å². The quantitative estimate of drug-likeness (QED) is 0.815. The van der Waals surface area contributed by atoms with E-state index in [9.17, 15) is 5.11 Å². The largest absolute Gasteiger partial charge is 0.392 e. The van der Waals surface area contributed by atoms with Gasteiger partial charge in [0.2, 0.25) is 0 Å². The summed E-state index contributed by atoms with van der Waals surface area (Å²) in [6.07, 6.45) is 10.5. The lowest BCUT2D eigenvalue weighted by Crippen LogP contribution is -2.36. The Hall–Kier alpha value is -0.0800. The molecule has 1 N–H and O–H groups in total. The van der Waals surface area contributed by atoms with Crippen molar-refractivity contribution in [2.75, 3.05) is 19.6 Å². The van der Waals surface area contributed by atoms with Gasteiger partial charge in [0.25, 0.3) is 0 Å². The highest BCUT2D eigenvalue weighted by atomic mass is 16.3. The maximum atomic E-state index is 10.3. The summed E-state index contributed by atoms with van der Waals surface area (Å²) in [6.45, 7) is 5.66. The fraction of sp³-hybridized carbons (Fsp3) is 1.00. The lowest BCUT2D eigenvalue weighted by molar-refractivity contribution is 0.0665. The SMILES string of the molecule is CCC1CCCN(CC(O)C2CCCC2)CC1. The minimum absolute atomic E-state index is 0.0596. The molecular formula is C15H29NO. The number of aliphatic hydroxyl groups excluding tert-OH is 1. The van der Waals surface area contributed by atoms with E-state index in [1.54, 1.807) is 0 Å². The van der Waals surface area contributed by atoms with Crippen molar-refractivity contribution >= 4 is 0 Å². The highest BCUT2D eigenvalue weighted by molar-refractivity contribution is 4.79. The van der Waals surface area contributed by atoms with E-state index in [1.165, 1.54) is 64.5 Å². The molecule has 0 aromatic rings. The van der Waals surface area contributed by atoms with E-state index < -0.39 is 0 Å². The second-order valence-electron chi connectivity index (χ2n) is 6.12. The number of aliphatic hydroxyl groups is 1. The van der Waals surface area contributed by atoms with E-state index in [-0.39, 0.29) is 6.10 Å². The third kappa shape index (κ3) is 3.96. The number of hydrogen-bond donors (Lipinski definition) is 1. The standard InChI is InChI=1S/C15H29NO/c1-2-13-6-5-10-16(11-9-13)12-15(17)14-7-3-4-8-14/h13-15,17H,2-12H2,1H3. The van der Waals surface area contributed by atoms with Crippen molar-refractivity contribution in [1.82, 2.24) is 4.90 Å². The highest BCUT2D eigenvalue weighted by Crippen LogP contribution is 2.28. The predicted octanol–water partition coefficient (Wildman–Crippen LogP) is 3.05. The third-order valence-corrected chi connectivity index (χ3v) is 4.91. The van der Waals surface area contributed by atoms with Gasteiger partial charge in [0.05, 0.1) is 6.10 Å². The number of β-amino-alcohol motifs (C(OH)–C–C–N with tert-alkyl or cyclic N) is 1. The molecule has 2 atom stereocenters. The topological polar surface area (TPSA) is 23.5 Å². The summed E-state index contributed by atoms with van der Waals surface area (Å²) < 4.78 is 0. The molecule has 17 heavy (non-hydrogen) atoms. The first-order valence-electron chi connectivity index (χ1n) is 7.70. The van der Waals surface area contributed by atoms with E-state index in [0.717, 1.165) is 12.5 Å². The number of likely N-dealkylation sites (tertiary alicyclic amines) is 1. The monoisotopic (exact) mass is 239 g/mol. The molecule has 0 radical (unpaired) electrons. The Balaban J connectivity index is 1.74. The van der Waals surface area contributed by atoms with Gasteiger partial charge in [0.15, 0.2) is 0 Å². The molecule has 2 aliphatic rings. The molecule has 0 amide bonds. The first-order chi connectivity index (χ1) is 8.29. The van der Waals surface area contributed by atoms with Crippen LogP contribution in [0.4, 0.5) is 0 Å². The molecule has 0 aromatic carbocycles. The zero-order chi connectivity index (χ0) is 12.1. The average molecular weight is 239 g/mol. The van der Waals surface area contributed by atoms with Gasteiger partial charge in [-0.15, -0.1) is 0 Å². The van der Waals surface area contributed by atoms with Crippen LogP contribution in [0, 0.1) is 11.8 Å². The van der Waals surface area contributed by atoms with Crippen molar-refractivity contribution in [1.29, 1.82) is 0 Å². The Bertz CT molecular complexity index is 213. The number of hydrogen-bond acceptors (Lipinski definition) is 2. The average Bonchev–Trinajstić information content (AvgIpc) is 2.78. The summed E-state index contributed by atoms with van der Waals surface area (Å²) in [6, 6.07) is 0. The van der Waals surface area contributed by atoms with Crippen molar-refractivity contribution in [3.63, 3.8) is 0 Å². The summed E-state index contributed by atoms with van der Waals surface area (Å²) in [5.74, 6) is 1.53. The van der Waals surface area contributed by atoms with Crippen molar-refractivity contribution < 1.29 is 5.11 Å². The molecule has 2 unspecified atom stereocenters. The summed E-state index contributed by atoms with van der Waals surface area (Å²) in [5.41, 5.74) is 0. The van der Waals surface area contributed by atoms with Crippen LogP contribution in [0.1, 0.15) is 58.3 Å². The first kappa shape index (κ1) is 13.4. The molecule has 2 heteroatoms. The molecule has 1 aliphatic heterocycles. The minimum Gasteiger partial charge on any atom is -0.392 e. The van der Waals surface area contributed by atoms with Crippen molar-refractivity contribution in [2.45, 2.75) is 64.4 Å². The van der Waals surface area contributed by atoms with Gasteiger partial charge in [-0.1, -0.05) is 26.2 Å². The molecule has 0 spiro atoms. The van der Waals surface area contributed by atoms with Crippen molar-refractivity contribution in [2.24, 2.45) is 11.8 Å². The van der Waals surface area contributed by atoms with Crippen LogP contribution in [-0.4, -0.2) is 35.7 Å². The molecule has 100 valence electrons. The number of nitrogens with zero attached hydrogens (tertiary/aromatic N) is 1. The first-order valence-corrected chi connectivity index (χ1v) is 7.70. The lowest BCUT2D eigenvalue weighted by atomic mass is 9.98. The van der Waals surface area contributed by atoms with Crippen LogP contribution in [0.25, 0.3) is 0 Å². The van der Waals surface area contributed by atoms with Crippen LogP contribution in [-0.2, 0) is 0 Å². The predicted molar refractivity (Wildman–Crippen MR) is 72.0 cm³/mol. The van der Waals surface area contributed by atoms with Crippen molar-refractivity contribution in [3.05, 3.63) is 0 Å². The van der Waals surface area contributed by atoms with Gasteiger partial charge in [0, 0.05) is 6.54 Å². The van der Waals surface area contributed by atoms with E-state index in [2.05, 4.69) is 11.8 Å². The molecule has 2 nitrogen and oxygen atoms in total. The van der Waals surface area contributed by atoms with E-state index in [1.807, 2.05) is 0 Å². The summed E-state index contributed by atoms with van der Waals surface area (Å²) in [4.78, 5) is 2.51. The van der Waals surface area contributed by atoms with E-state index in [0.29, 0.717) is 5.92 Å². The van der Waals surface area contributed by atoms with Crippen LogP contribution in [0.5, 0.6) is 0 Å². The smallest absolute Gasteiger partial charge is 0.0695 e. The molecular weight excluding hydrogens is 210 g/mol. The maximum absolute atomic E-state index is 10.3. The van der Waals surface area contributed by atoms with Crippen LogP contribution >= 0.6 is 0 Å². The second kappa shape index (κ2) is 6.75. The minimum atomic E-state index is -0.0596. The van der Waals surface area contributed by atoms with Gasteiger partial charge in [-0.2, -0.15) is 0 Å². The summed E-state index contributed by atoms with van der Waals surface area (Å²) in [7, 11) is 0. The maximum Gasteiger partial charge on any atom is 0.0695 e. The Labute approximate surface area is 106 Å².